The van der Waals surface area contributed by atoms with Gasteiger partial charge in [-0.3, -0.25) is 9.69 Å². The van der Waals surface area contributed by atoms with Crippen LogP contribution in [0.4, 0.5) is 0 Å². The lowest BCUT2D eigenvalue weighted by atomic mass is 9.83. The van der Waals surface area contributed by atoms with Gasteiger partial charge < -0.3 is 0 Å². The first-order valence-electron chi connectivity index (χ1n) is 6.41. The van der Waals surface area contributed by atoms with E-state index in [4.69, 9.17) is 0 Å². The van der Waals surface area contributed by atoms with E-state index in [1.165, 1.54) is 0 Å². The molecule has 0 amide bonds. The van der Waals surface area contributed by atoms with Crippen molar-refractivity contribution < 1.29 is 4.79 Å². The zero-order valence-corrected chi connectivity index (χ0v) is 13.3. The Hall–Kier alpha value is -0.670. The first-order valence-corrected chi connectivity index (χ1v) is 7.20. The highest BCUT2D eigenvalue weighted by Crippen LogP contribution is 2.24. The lowest BCUT2D eigenvalue weighted by molar-refractivity contribution is -0.129. The SMILES string of the molecule is CCC(CC)(C(=O)Cc1ccc(Br)cc1)N(C)C. The highest BCUT2D eigenvalue weighted by molar-refractivity contribution is 9.10. The second kappa shape index (κ2) is 6.48. The molecule has 3 heteroatoms. The van der Waals surface area contributed by atoms with Crippen LogP contribution in [-0.4, -0.2) is 30.3 Å². The highest BCUT2D eigenvalue weighted by Gasteiger charge is 2.36. The van der Waals surface area contributed by atoms with Crippen molar-refractivity contribution in [3.8, 4) is 0 Å². The molecule has 0 aromatic heterocycles. The van der Waals surface area contributed by atoms with Crippen molar-refractivity contribution in [2.45, 2.75) is 38.6 Å². The lowest BCUT2D eigenvalue weighted by Gasteiger charge is -2.37. The molecule has 0 atom stereocenters. The van der Waals surface area contributed by atoms with Crippen LogP contribution in [0.1, 0.15) is 32.3 Å². The van der Waals surface area contributed by atoms with Crippen LogP contribution >= 0.6 is 15.9 Å². The number of rotatable bonds is 6. The largest absolute Gasteiger partial charge is 0.297 e. The third-order valence-electron chi connectivity index (χ3n) is 3.82. The third kappa shape index (κ3) is 3.21. The van der Waals surface area contributed by atoms with Gasteiger partial charge in [0.25, 0.3) is 0 Å². The van der Waals surface area contributed by atoms with Gasteiger partial charge in [0.2, 0.25) is 0 Å². The predicted molar refractivity (Wildman–Crippen MR) is 79.9 cm³/mol. The van der Waals surface area contributed by atoms with E-state index in [-0.39, 0.29) is 5.54 Å². The summed E-state index contributed by atoms with van der Waals surface area (Å²) in [5.74, 6) is 0.305. The summed E-state index contributed by atoms with van der Waals surface area (Å²) in [7, 11) is 3.99. The first kappa shape index (κ1) is 15.4. The Kier molecular flexibility index (Phi) is 5.54. The molecule has 1 rings (SSSR count). The van der Waals surface area contributed by atoms with Crippen LogP contribution in [0.5, 0.6) is 0 Å². The standard InChI is InChI=1S/C15H22BrNO/c1-5-15(6-2,17(3)4)14(18)11-12-7-9-13(16)10-8-12/h7-10H,5-6,11H2,1-4H3. The zero-order valence-electron chi connectivity index (χ0n) is 11.7. The Morgan fingerprint density at radius 2 is 1.67 bits per heavy atom. The van der Waals surface area contributed by atoms with Crippen molar-refractivity contribution in [2.24, 2.45) is 0 Å². The number of likely N-dealkylation sites (N-methyl/N-ethyl adjacent to an activating group) is 1. The Labute approximate surface area is 119 Å². The summed E-state index contributed by atoms with van der Waals surface area (Å²) in [5.41, 5.74) is 0.754. The summed E-state index contributed by atoms with van der Waals surface area (Å²) >= 11 is 3.41. The Balaban J connectivity index is 2.89. The number of carbonyl (C=O) groups is 1. The van der Waals surface area contributed by atoms with Crippen LogP contribution in [0.2, 0.25) is 0 Å². The molecule has 2 nitrogen and oxygen atoms in total. The average Bonchev–Trinajstić information content (AvgIpc) is 2.34. The number of hydrogen-bond acceptors (Lipinski definition) is 2. The highest BCUT2D eigenvalue weighted by atomic mass is 79.9. The van der Waals surface area contributed by atoms with Gasteiger partial charge >= 0.3 is 0 Å². The average molecular weight is 312 g/mol. The van der Waals surface area contributed by atoms with Crippen molar-refractivity contribution >= 4 is 21.7 Å². The van der Waals surface area contributed by atoms with E-state index in [2.05, 4.69) is 34.7 Å². The van der Waals surface area contributed by atoms with Gasteiger partial charge in [0.15, 0.2) is 5.78 Å². The van der Waals surface area contributed by atoms with Gasteiger partial charge in [-0.05, 0) is 44.6 Å². The van der Waals surface area contributed by atoms with Crippen LogP contribution in [0, 0.1) is 0 Å². The smallest absolute Gasteiger partial charge is 0.157 e. The molecule has 0 N–H and O–H groups in total. The van der Waals surface area contributed by atoms with Crippen molar-refractivity contribution in [3.63, 3.8) is 0 Å². The Morgan fingerprint density at radius 1 is 1.17 bits per heavy atom. The molecule has 1 aromatic carbocycles. The molecule has 0 radical (unpaired) electrons. The maximum absolute atomic E-state index is 12.6. The molecule has 18 heavy (non-hydrogen) atoms. The minimum Gasteiger partial charge on any atom is -0.297 e. The number of Topliss-reactive ketones (excluding diaryl/α,β-unsaturated/α-hetero) is 1. The minimum atomic E-state index is -0.326. The summed E-state index contributed by atoms with van der Waals surface area (Å²) in [5, 5.41) is 0. The normalized spacial score (nSPS) is 11.9. The van der Waals surface area contributed by atoms with E-state index in [0.29, 0.717) is 12.2 Å². The topological polar surface area (TPSA) is 20.3 Å². The second-order valence-electron chi connectivity index (χ2n) is 4.86. The lowest BCUT2D eigenvalue weighted by Crippen LogP contribution is -2.50. The first-order chi connectivity index (χ1) is 8.46. The number of nitrogens with zero attached hydrogens (tertiary/aromatic N) is 1. The quantitative estimate of drug-likeness (QED) is 0.798. The van der Waals surface area contributed by atoms with E-state index >= 15 is 0 Å². The molecule has 0 unspecified atom stereocenters. The van der Waals surface area contributed by atoms with Crippen LogP contribution in [0.15, 0.2) is 28.7 Å². The minimum absolute atomic E-state index is 0.305. The summed E-state index contributed by atoms with van der Waals surface area (Å²) in [6.07, 6.45) is 2.21. The molecule has 100 valence electrons. The van der Waals surface area contributed by atoms with Crippen LogP contribution in [-0.2, 0) is 11.2 Å². The molecule has 0 heterocycles. The summed E-state index contributed by atoms with van der Waals surface area (Å²) in [6.45, 7) is 4.17. The monoisotopic (exact) mass is 311 g/mol. The van der Waals surface area contributed by atoms with Crippen LogP contribution in [0.3, 0.4) is 0 Å². The summed E-state index contributed by atoms with van der Waals surface area (Å²) < 4.78 is 1.04. The Morgan fingerprint density at radius 3 is 2.06 bits per heavy atom. The fourth-order valence-corrected chi connectivity index (χ4v) is 2.74. The van der Waals surface area contributed by atoms with Gasteiger partial charge in [-0.25, -0.2) is 0 Å². The number of halogens is 1. The van der Waals surface area contributed by atoms with Crippen LogP contribution < -0.4 is 0 Å². The van der Waals surface area contributed by atoms with Crippen molar-refractivity contribution in [3.05, 3.63) is 34.3 Å². The summed E-state index contributed by atoms with van der Waals surface area (Å²) in [4.78, 5) is 14.6. The molecule has 0 aliphatic carbocycles. The molecule has 0 saturated heterocycles. The van der Waals surface area contributed by atoms with Gasteiger partial charge in [-0.2, -0.15) is 0 Å². The molecule has 0 aliphatic heterocycles. The maximum atomic E-state index is 12.6. The van der Waals surface area contributed by atoms with Crippen molar-refractivity contribution in [1.82, 2.24) is 4.90 Å². The predicted octanol–water partition coefficient (Wildman–Crippen LogP) is 3.68. The van der Waals surface area contributed by atoms with E-state index in [9.17, 15) is 4.79 Å². The van der Waals surface area contributed by atoms with E-state index in [1.54, 1.807) is 0 Å². The molecule has 0 saturated carbocycles. The number of carbonyl (C=O) groups excluding carboxylic acids is 1. The molecule has 1 aromatic rings. The maximum Gasteiger partial charge on any atom is 0.157 e. The second-order valence-corrected chi connectivity index (χ2v) is 5.78. The van der Waals surface area contributed by atoms with E-state index in [1.807, 2.05) is 38.4 Å². The van der Waals surface area contributed by atoms with Crippen molar-refractivity contribution in [1.29, 1.82) is 0 Å². The van der Waals surface area contributed by atoms with E-state index < -0.39 is 0 Å². The number of hydrogen-bond donors (Lipinski definition) is 0. The van der Waals surface area contributed by atoms with Gasteiger partial charge in [0.1, 0.15) is 0 Å². The number of ketones is 1. The van der Waals surface area contributed by atoms with Gasteiger partial charge in [0.05, 0.1) is 5.54 Å². The third-order valence-corrected chi connectivity index (χ3v) is 4.35. The zero-order chi connectivity index (χ0) is 13.8. The van der Waals surface area contributed by atoms with Gasteiger partial charge in [-0.1, -0.05) is 41.9 Å². The fraction of sp³-hybridized carbons (Fsp3) is 0.533. The molecule has 0 fully saturated rings. The van der Waals surface area contributed by atoms with Gasteiger partial charge in [-0.15, -0.1) is 0 Å². The molecule has 0 aliphatic rings. The van der Waals surface area contributed by atoms with Crippen molar-refractivity contribution in [2.75, 3.05) is 14.1 Å². The Bertz CT molecular complexity index is 393. The molecular weight excluding hydrogens is 290 g/mol. The fourth-order valence-electron chi connectivity index (χ4n) is 2.48. The molecule has 0 spiro atoms. The molecular formula is C15H22BrNO. The summed E-state index contributed by atoms with van der Waals surface area (Å²) in [6, 6.07) is 7.98. The van der Waals surface area contributed by atoms with E-state index in [0.717, 1.165) is 22.9 Å². The van der Waals surface area contributed by atoms with Gasteiger partial charge in [0, 0.05) is 10.9 Å². The number of benzene rings is 1. The van der Waals surface area contributed by atoms with Crippen LogP contribution in [0.25, 0.3) is 0 Å². The molecule has 0 bridgehead atoms.